The fraction of sp³-hybridized carbons (Fsp3) is 0.139. The quantitative estimate of drug-likeness (QED) is 0.131. The van der Waals surface area contributed by atoms with Crippen LogP contribution in [0.5, 0.6) is 11.5 Å². The Balaban J connectivity index is 1.50. The van der Waals surface area contributed by atoms with Crippen molar-refractivity contribution in [2.24, 2.45) is 4.99 Å². The maximum atomic E-state index is 14.2. The van der Waals surface area contributed by atoms with E-state index in [9.17, 15) is 14.0 Å². The van der Waals surface area contributed by atoms with Crippen LogP contribution in [-0.2, 0) is 16.1 Å². The lowest BCUT2D eigenvalue weighted by Gasteiger charge is -2.25. The number of aromatic nitrogens is 1. The second-order valence-electron chi connectivity index (χ2n) is 10.3. The van der Waals surface area contributed by atoms with Crippen LogP contribution in [0.2, 0.25) is 0 Å². The Morgan fingerprint density at radius 3 is 2.39 bits per heavy atom. The van der Waals surface area contributed by atoms with E-state index in [-0.39, 0.29) is 17.7 Å². The molecule has 0 saturated heterocycles. The van der Waals surface area contributed by atoms with E-state index in [1.165, 1.54) is 28.0 Å². The van der Waals surface area contributed by atoms with E-state index in [4.69, 9.17) is 19.2 Å². The number of fused-ring (bicyclic) bond motifs is 1. The van der Waals surface area contributed by atoms with Gasteiger partial charge in [-0.3, -0.25) is 9.36 Å². The van der Waals surface area contributed by atoms with Crippen LogP contribution < -0.4 is 24.4 Å². The van der Waals surface area contributed by atoms with E-state index in [1.807, 2.05) is 72.8 Å². The summed E-state index contributed by atoms with van der Waals surface area (Å²) in [6.45, 7) is 2.23. The molecule has 0 bridgehead atoms. The van der Waals surface area contributed by atoms with Gasteiger partial charge < -0.3 is 14.2 Å². The molecule has 0 radical (unpaired) electrons. The zero-order valence-corrected chi connectivity index (χ0v) is 27.9. The third-order valence-corrected chi connectivity index (χ3v) is 9.12. The van der Waals surface area contributed by atoms with E-state index in [2.05, 4.69) is 22.6 Å². The van der Waals surface area contributed by atoms with Crippen LogP contribution >= 0.6 is 33.9 Å². The molecule has 1 aromatic heterocycles. The van der Waals surface area contributed by atoms with Crippen molar-refractivity contribution in [3.63, 3.8) is 0 Å². The van der Waals surface area contributed by atoms with Gasteiger partial charge in [0.25, 0.3) is 5.56 Å². The van der Waals surface area contributed by atoms with Gasteiger partial charge in [-0.05, 0) is 76.5 Å². The van der Waals surface area contributed by atoms with Crippen molar-refractivity contribution in [3.8, 4) is 11.5 Å². The molecule has 0 spiro atoms. The Hall–Kier alpha value is -4.55. The SMILES string of the molecule is CCOC(=O)C1=C(c2ccccc2)N=c2s/c(=C\c3cc(I)c(OCc4ccccc4)c(OC)c3)c(=O)n2[C@@H]1c1ccc(F)cc1. The second kappa shape index (κ2) is 13.8. The van der Waals surface area contributed by atoms with Gasteiger partial charge in [-0.2, -0.15) is 0 Å². The van der Waals surface area contributed by atoms with E-state index in [0.717, 1.165) is 14.7 Å². The van der Waals surface area contributed by atoms with Crippen LogP contribution in [0.3, 0.4) is 0 Å². The fourth-order valence-corrected chi connectivity index (χ4v) is 7.03. The lowest BCUT2D eigenvalue weighted by Crippen LogP contribution is -2.40. The molecule has 4 aromatic carbocycles. The zero-order chi connectivity index (χ0) is 32.2. The topological polar surface area (TPSA) is 79.1 Å². The Morgan fingerprint density at radius 2 is 1.72 bits per heavy atom. The van der Waals surface area contributed by atoms with Crippen LogP contribution in [0.1, 0.15) is 35.2 Å². The van der Waals surface area contributed by atoms with Crippen molar-refractivity contribution in [2.75, 3.05) is 13.7 Å². The van der Waals surface area contributed by atoms with Crippen LogP contribution in [0, 0.1) is 9.39 Å². The van der Waals surface area contributed by atoms with Crippen LogP contribution in [0.25, 0.3) is 11.8 Å². The summed E-state index contributed by atoms with van der Waals surface area (Å²) >= 11 is 3.40. The van der Waals surface area contributed by atoms with Gasteiger partial charge in [0.1, 0.15) is 12.4 Å². The van der Waals surface area contributed by atoms with Crippen molar-refractivity contribution < 1.29 is 23.4 Å². The maximum absolute atomic E-state index is 14.2. The van der Waals surface area contributed by atoms with Gasteiger partial charge >= 0.3 is 5.97 Å². The molecule has 7 nitrogen and oxygen atoms in total. The largest absolute Gasteiger partial charge is 0.493 e. The van der Waals surface area contributed by atoms with Gasteiger partial charge in [0.2, 0.25) is 0 Å². The zero-order valence-electron chi connectivity index (χ0n) is 24.9. The number of benzene rings is 4. The van der Waals surface area contributed by atoms with Crippen molar-refractivity contribution in [2.45, 2.75) is 19.6 Å². The Kier molecular flexibility index (Phi) is 9.46. The number of thiazole rings is 1. The van der Waals surface area contributed by atoms with Gasteiger partial charge in [0, 0.05) is 5.56 Å². The van der Waals surface area contributed by atoms with Crippen LogP contribution in [-0.4, -0.2) is 24.3 Å². The molecule has 0 unspecified atom stereocenters. The number of methoxy groups -OCH3 is 1. The summed E-state index contributed by atoms with van der Waals surface area (Å²) < 4.78 is 34.0. The average molecular weight is 747 g/mol. The lowest BCUT2D eigenvalue weighted by atomic mass is 9.93. The molecule has 1 atom stereocenters. The summed E-state index contributed by atoms with van der Waals surface area (Å²) in [6, 6.07) is 27.7. The maximum Gasteiger partial charge on any atom is 0.338 e. The number of ether oxygens (including phenoxy) is 3. The predicted molar refractivity (Wildman–Crippen MR) is 184 cm³/mol. The molecule has 0 aliphatic carbocycles. The van der Waals surface area contributed by atoms with E-state index in [0.29, 0.717) is 44.3 Å². The summed E-state index contributed by atoms with van der Waals surface area (Å²) in [5.74, 6) is 0.107. The first-order chi connectivity index (χ1) is 22.4. The van der Waals surface area contributed by atoms with E-state index < -0.39 is 17.8 Å². The molecule has 46 heavy (non-hydrogen) atoms. The third kappa shape index (κ3) is 6.40. The van der Waals surface area contributed by atoms with Gasteiger partial charge in [-0.1, -0.05) is 84.1 Å². The minimum Gasteiger partial charge on any atom is -0.493 e. The molecule has 0 saturated carbocycles. The van der Waals surface area contributed by atoms with Gasteiger partial charge in [0.05, 0.1) is 39.1 Å². The molecule has 0 fully saturated rings. The number of esters is 1. The minimum absolute atomic E-state index is 0.135. The van der Waals surface area contributed by atoms with E-state index >= 15 is 0 Å². The van der Waals surface area contributed by atoms with Crippen molar-refractivity contribution in [3.05, 3.63) is 154 Å². The third-order valence-electron chi connectivity index (χ3n) is 7.33. The highest BCUT2D eigenvalue weighted by atomic mass is 127. The number of hydrogen-bond acceptors (Lipinski definition) is 7. The monoisotopic (exact) mass is 746 g/mol. The summed E-state index contributed by atoms with van der Waals surface area (Å²) in [7, 11) is 1.57. The predicted octanol–water partition coefficient (Wildman–Crippen LogP) is 6.27. The normalized spacial score (nSPS) is 14.4. The molecular weight excluding hydrogens is 718 g/mol. The number of nitrogens with zero attached hydrogens (tertiary/aromatic N) is 2. The molecule has 1 aliphatic rings. The van der Waals surface area contributed by atoms with Gasteiger partial charge in [-0.15, -0.1) is 0 Å². The number of rotatable bonds is 9. The summed E-state index contributed by atoms with van der Waals surface area (Å²) in [6.07, 6.45) is 1.77. The van der Waals surface area contributed by atoms with E-state index in [1.54, 1.807) is 32.2 Å². The molecular formula is C36H28FIN2O5S. The van der Waals surface area contributed by atoms with Crippen molar-refractivity contribution in [1.29, 1.82) is 0 Å². The number of hydrogen-bond donors (Lipinski definition) is 0. The first-order valence-corrected chi connectivity index (χ1v) is 16.4. The number of halogens is 2. The Morgan fingerprint density at radius 1 is 1.02 bits per heavy atom. The fourth-order valence-electron chi connectivity index (χ4n) is 5.25. The molecule has 6 rings (SSSR count). The van der Waals surface area contributed by atoms with Crippen molar-refractivity contribution in [1.82, 2.24) is 4.57 Å². The molecule has 0 N–H and O–H groups in total. The lowest BCUT2D eigenvalue weighted by molar-refractivity contribution is -0.138. The second-order valence-corrected chi connectivity index (χ2v) is 12.5. The molecule has 232 valence electrons. The first-order valence-electron chi connectivity index (χ1n) is 14.5. The molecule has 10 heteroatoms. The highest BCUT2D eigenvalue weighted by Crippen LogP contribution is 2.36. The smallest absolute Gasteiger partial charge is 0.338 e. The Labute approximate surface area is 282 Å². The standard InChI is InChI=1S/C36H28FIN2O5S/c1-3-44-35(42)30-31(24-12-8-5-9-13-24)39-36-40(32(30)25-14-16-26(37)17-15-25)34(41)29(46-36)20-23-18-27(38)33(28(19-23)43-2)45-21-22-10-6-4-7-11-22/h4-20,32H,3,21H2,1-2H3/b29-20-/t32-/m1/s1. The summed E-state index contributed by atoms with van der Waals surface area (Å²) in [4.78, 5) is 33.0. The van der Waals surface area contributed by atoms with Crippen LogP contribution in [0.4, 0.5) is 4.39 Å². The summed E-state index contributed by atoms with van der Waals surface area (Å²) in [5, 5.41) is 0. The highest BCUT2D eigenvalue weighted by molar-refractivity contribution is 14.1. The van der Waals surface area contributed by atoms with Gasteiger partial charge in [-0.25, -0.2) is 14.2 Å². The first kappa shape index (κ1) is 31.4. The Bertz CT molecular complexity index is 2110. The van der Waals surface area contributed by atoms with Crippen LogP contribution in [0.15, 0.2) is 112 Å². The highest BCUT2D eigenvalue weighted by Gasteiger charge is 2.35. The molecule has 2 heterocycles. The van der Waals surface area contributed by atoms with Crippen molar-refractivity contribution >= 4 is 51.7 Å². The molecule has 1 aliphatic heterocycles. The molecule has 0 amide bonds. The van der Waals surface area contributed by atoms with Gasteiger partial charge in [0.15, 0.2) is 16.3 Å². The molecule has 5 aromatic rings. The minimum atomic E-state index is -0.892. The number of carbonyl (C=O) groups excluding carboxylic acids is 1. The average Bonchev–Trinajstić information content (AvgIpc) is 3.38. The summed E-state index contributed by atoms with van der Waals surface area (Å²) in [5.41, 5.74) is 3.26. The number of carbonyl (C=O) groups is 1.